The molecule has 0 radical (unpaired) electrons. The topological polar surface area (TPSA) is 65.1 Å². The van der Waals surface area contributed by atoms with Gasteiger partial charge in [-0.15, -0.1) is 0 Å². The second-order valence-corrected chi connectivity index (χ2v) is 10.1. The molecular formula is C23H34N4O3S. The van der Waals surface area contributed by atoms with Crippen molar-refractivity contribution in [2.24, 2.45) is 0 Å². The molecule has 1 heterocycles. The monoisotopic (exact) mass is 446 g/mol. The summed E-state index contributed by atoms with van der Waals surface area (Å²) in [5.41, 5.74) is 3.09. The molecule has 1 atom stereocenters. The third-order valence-corrected chi connectivity index (χ3v) is 7.29. The van der Waals surface area contributed by atoms with Crippen LogP contribution in [0.15, 0.2) is 47.4 Å². The Morgan fingerprint density at radius 2 is 1.71 bits per heavy atom. The van der Waals surface area contributed by atoms with Gasteiger partial charge in [-0.05, 0) is 49.4 Å². The summed E-state index contributed by atoms with van der Waals surface area (Å²) in [4.78, 5) is 6.89. The Balaban J connectivity index is 1.85. The van der Waals surface area contributed by atoms with Gasteiger partial charge >= 0.3 is 0 Å². The number of nitrogens with one attached hydrogen (secondary N) is 1. The molecule has 0 aromatic heterocycles. The molecule has 7 nitrogen and oxygen atoms in total. The van der Waals surface area contributed by atoms with Gasteiger partial charge in [0.2, 0.25) is 10.0 Å². The van der Waals surface area contributed by atoms with Crippen molar-refractivity contribution < 1.29 is 13.2 Å². The van der Waals surface area contributed by atoms with Crippen LogP contribution in [0.1, 0.15) is 17.2 Å². The number of likely N-dealkylation sites (N-methyl/N-ethyl adjacent to an activating group) is 1. The van der Waals surface area contributed by atoms with Gasteiger partial charge in [0.1, 0.15) is 10.6 Å². The Morgan fingerprint density at radius 1 is 1.06 bits per heavy atom. The van der Waals surface area contributed by atoms with E-state index in [9.17, 15) is 8.42 Å². The molecule has 1 aliphatic heterocycles. The highest BCUT2D eigenvalue weighted by Gasteiger charge is 2.27. The van der Waals surface area contributed by atoms with Crippen molar-refractivity contribution in [2.75, 3.05) is 65.9 Å². The number of ether oxygens (including phenoxy) is 1. The standard InChI is InChI=1S/C23H34N4O3S/c1-18-6-11-22(30-5)23(16-18)31(28,29)24-17-21(27-14-12-26(4)13-15-27)19-7-9-20(10-8-19)25(2)3/h6-11,16,21,24H,12-15,17H2,1-5H3/t21-/m0/s1. The van der Waals surface area contributed by atoms with Crippen molar-refractivity contribution in [1.82, 2.24) is 14.5 Å². The van der Waals surface area contributed by atoms with Crippen molar-refractivity contribution in [3.8, 4) is 5.75 Å². The van der Waals surface area contributed by atoms with Crippen molar-refractivity contribution >= 4 is 15.7 Å². The van der Waals surface area contributed by atoms with Crippen LogP contribution < -0.4 is 14.4 Å². The van der Waals surface area contributed by atoms with Gasteiger partial charge in [-0.2, -0.15) is 0 Å². The third-order valence-electron chi connectivity index (χ3n) is 5.85. The van der Waals surface area contributed by atoms with Gasteiger partial charge in [0, 0.05) is 58.5 Å². The summed E-state index contributed by atoms with van der Waals surface area (Å²) in [6, 6.07) is 13.5. The lowest BCUT2D eigenvalue weighted by atomic mass is 10.0. The zero-order valence-electron chi connectivity index (χ0n) is 19.1. The Morgan fingerprint density at radius 3 is 2.29 bits per heavy atom. The van der Waals surface area contributed by atoms with E-state index >= 15 is 0 Å². The highest BCUT2D eigenvalue weighted by molar-refractivity contribution is 7.89. The highest BCUT2D eigenvalue weighted by atomic mass is 32.2. The molecule has 0 unspecified atom stereocenters. The molecule has 1 fully saturated rings. The van der Waals surface area contributed by atoms with Crippen LogP contribution in [0.5, 0.6) is 5.75 Å². The molecule has 2 aromatic rings. The molecule has 1 N–H and O–H groups in total. The fourth-order valence-corrected chi connectivity index (χ4v) is 5.14. The predicted molar refractivity (Wildman–Crippen MR) is 125 cm³/mol. The number of rotatable bonds is 8. The van der Waals surface area contributed by atoms with E-state index < -0.39 is 10.0 Å². The molecule has 1 saturated heterocycles. The average molecular weight is 447 g/mol. The molecule has 170 valence electrons. The summed E-state index contributed by atoms with van der Waals surface area (Å²) in [5, 5.41) is 0. The summed E-state index contributed by atoms with van der Waals surface area (Å²) in [6.45, 7) is 5.88. The molecule has 31 heavy (non-hydrogen) atoms. The Labute approximate surface area is 186 Å². The predicted octanol–water partition coefficient (Wildman–Crippen LogP) is 2.34. The maximum absolute atomic E-state index is 13.2. The van der Waals surface area contributed by atoms with Crippen molar-refractivity contribution in [2.45, 2.75) is 17.9 Å². The molecule has 1 aliphatic rings. The van der Waals surface area contributed by atoms with E-state index in [0.29, 0.717) is 12.3 Å². The first kappa shape index (κ1) is 23.5. The van der Waals surface area contributed by atoms with E-state index in [2.05, 4.69) is 50.7 Å². The minimum Gasteiger partial charge on any atom is -0.495 e. The number of hydrogen-bond donors (Lipinski definition) is 1. The smallest absolute Gasteiger partial charge is 0.244 e. The number of anilines is 1. The lowest BCUT2D eigenvalue weighted by Gasteiger charge is -2.38. The Kier molecular flexibility index (Phi) is 7.59. The Bertz CT molecular complexity index is 969. The quantitative estimate of drug-likeness (QED) is 0.672. The summed E-state index contributed by atoms with van der Waals surface area (Å²) in [5.74, 6) is 0.351. The van der Waals surface area contributed by atoms with Gasteiger partial charge in [0.25, 0.3) is 0 Å². The van der Waals surface area contributed by atoms with Crippen LogP contribution in [0.4, 0.5) is 5.69 Å². The zero-order chi connectivity index (χ0) is 22.6. The van der Waals surface area contributed by atoms with Crippen LogP contribution in [0.25, 0.3) is 0 Å². The maximum Gasteiger partial charge on any atom is 0.244 e. The second kappa shape index (κ2) is 9.99. The van der Waals surface area contributed by atoms with Gasteiger partial charge < -0.3 is 14.5 Å². The fraction of sp³-hybridized carbons (Fsp3) is 0.478. The number of nitrogens with zero attached hydrogens (tertiary/aromatic N) is 3. The normalized spacial score (nSPS) is 16.8. The van der Waals surface area contributed by atoms with E-state index in [-0.39, 0.29) is 10.9 Å². The largest absolute Gasteiger partial charge is 0.495 e. The first-order valence-corrected chi connectivity index (χ1v) is 12.0. The number of piperazine rings is 1. The number of hydrogen-bond acceptors (Lipinski definition) is 6. The molecule has 2 aromatic carbocycles. The minimum absolute atomic E-state index is 0.0458. The van der Waals surface area contributed by atoms with Crippen LogP contribution in [0, 0.1) is 6.92 Å². The third kappa shape index (κ3) is 5.77. The summed E-state index contributed by atoms with van der Waals surface area (Å²) in [7, 11) is 3.91. The van der Waals surface area contributed by atoms with Crippen molar-refractivity contribution in [3.05, 3.63) is 53.6 Å². The fourth-order valence-electron chi connectivity index (χ4n) is 3.85. The second-order valence-electron chi connectivity index (χ2n) is 8.35. The number of sulfonamides is 1. The molecule has 0 aliphatic carbocycles. The summed E-state index contributed by atoms with van der Waals surface area (Å²) < 4.78 is 34.5. The van der Waals surface area contributed by atoms with Crippen LogP contribution in [0.2, 0.25) is 0 Å². The zero-order valence-corrected chi connectivity index (χ0v) is 19.9. The average Bonchev–Trinajstić information content (AvgIpc) is 2.75. The summed E-state index contributed by atoms with van der Waals surface area (Å²) in [6.07, 6.45) is 0. The first-order valence-electron chi connectivity index (χ1n) is 10.6. The first-order chi connectivity index (χ1) is 14.7. The van der Waals surface area contributed by atoms with Crippen LogP contribution in [-0.4, -0.2) is 79.2 Å². The van der Waals surface area contributed by atoms with Crippen molar-refractivity contribution in [1.29, 1.82) is 0 Å². The molecular weight excluding hydrogens is 412 g/mol. The number of aryl methyl sites for hydroxylation is 1. The van der Waals surface area contributed by atoms with Gasteiger partial charge in [0.15, 0.2) is 0 Å². The summed E-state index contributed by atoms with van der Waals surface area (Å²) >= 11 is 0. The van der Waals surface area contributed by atoms with Gasteiger partial charge in [-0.25, -0.2) is 13.1 Å². The van der Waals surface area contributed by atoms with Crippen LogP contribution in [-0.2, 0) is 10.0 Å². The molecule has 3 rings (SSSR count). The van der Waals surface area contributed by atoms with Crippen molar-refractivity contribution in [3.63, 3.8) is 0 Å². The SMILES string of the molecule is COc1ccc(C)cc1S(=O)(=O)NC[C@@H](c1ccc(N(C)C)cc1)N1CCN(C)CC1. The van der Waals surface area contributed by atoms with Gasteiger partial charge in [-0.1, -0.05) is 18.2 Å². The van der Waals surface area contributed by atoms with E-state index in [0.717, 1.165) is 43.0 Å². The highest BCUT2D eigenvalue weighted by Crippen LogP contribution is 2.27. The Hall–Kier alpha value is -2.13. The van der Waals surface area contributed by atoms with Gasteiger partial charge in [-0.3, -0.25) is 4.90 Å². The molecule has 8 heteroatoms. The molecule has 0 bridgehead atoms. The van der Waals surface area contributed by atoms with Gasteiger partial charge in [0.05, 0.1) is 7.11 Å². The maximum atomic E-state index is 13.2. The van der Waals surface area contributed by atoms with E-state index in [1.807, 2.05) is 27.1 Å². The van der Waals surface area contributed by atoms with E-state index in [1.54, 1.807) is 12.1 Å². The molecule has 0 amide bonds. The van der Waals surface area contributed by atoms with E-state index in [1.165, 1.54) is 7.11 Å². The number of benzene rings is 2. The molecule has 0 spiro atoms. The number of methoxy groups -OCH3 is 1. The lowest BCUT2D eigenvalue weighted by molar-refractivity contribution is 0.113. The molecule has 0 saturated carbocycles. The lowest BCUT2D eigenvalue weighted by Crippen LogP contribution is -2.48. The van der Waals surface area contributed by atoms with Crippen LogP contribution in [0.3, 0.4) is 0 Å². The van der Waals surface area contributed by atoms with E-state index in [4.69, 9.17) is 4.74 Å². The van der Waals surface area contributed by atoms with Crippen LogP contribution >= 0.6 is 0 Å². The minimum atomic E-state index is -3.72.